The average molecular weight is 471 g/mol. The number of carbonyl (C=O) groups is 2. The SMILES string of the molecule is COc1ccc(C(C(=O)NCc2ccccc2)N(C(=O)CCc2ccc(O)cc2)C2=C=CC2)cc1.[HH]. The van der Waals surface area contributed by atoms with Crippen LogP contribution in [0.2, 0.25) is 0 Å². The van der Waals surface area contributed by atoms with Crippen molar-refractivity contribution in [2.45, 2.75) is 31.8 Å². The maximum Gasteiger partial charge on any atom is 0.248 e. The molecule has 6 nitrogen and oxygen atoms in total. The van der Waals surface area contributed by atoms with Crippen molar-refractivity contribution in [2.24, 2.45) is 0 Å². The largest absolute Gasteiger partial charge is 0.508 e. The smallest absolute Gasteiger partial charge is 0.248 e. The molecule has 35 heavy (non-hydrogen) atoms. The van der Waals surface area contributed by atoms with E-state index in [1.807, 2.05) is 48.5 Å². The number of aryl methyl sites for hydroxylation is 1. The van der Waals surface area contributed by atoms with Gasteiger partial charge in [-0.2, -0.15) is 0 Å². The molecule has 3 aromatic carbocycles. The number of rotatable bonds is 10. The summed E-state index contributed by atoms with van der Waals surface area (Å²) in [5.74, 6) is 0.425. The third-order valence-corrected chi connectivity index (χ3v) is 5.94. The third-order valence-electron chi connectivity index (χ3n) is 5.94. The minimum Gasteiger partial charge on any atom is -0.508 e. The van der Waals surface area contributed by atoms with Crippen molar-refractivity contribution in [3.05, 3.63) is 113 Å². The van der Waals surface area contributed by atoms with E-state index >= 15 is 0 Å². The van der Waals surface area contributed by atoms with E-state index in [4.69, 9.17) is 4.74 Å². The Morgan fingerprint density at radius 1 is 1.03 bits per heavy atom. The summed E-state index contributed by atoms with van der Waals surface area (Å²) in [4.78, 5) is 28.7. The molecule has 0 aliphatic heterocycles. The first-order valence-electron chi connectivity index (χ1n) is 11.5. The molecule has 0 aromatic heterocycles. The molecule has 2 amide bonds. The summed E-state index contributed by atoms with van der Waals surface area (Å²) in [6.45, 7) is 0.358. The highest BCUT2D eigenvalue weighted by Gasteiger charge is 2.34. The first-order chi connectivity index (χ1) is 17.0. The molecule has 2 N–H and O–H groups in total. The van der Waals surface area contributed by atoms with Crippen LogP contribution in [0.4, 0.5) is 0 Å². The van der Waals surface area contributed by atoms with Crippen LogP contribution in [0.3, 0.4) is 0 Å². The molecular weight excluding hydrogens is 440 g/mol. The minimum atomic E-state index is -0.840. The zero-order valence-corrected chi connectivity index (χ0v) is 19.6. The van der Waals surface area contributed by atoms with E-state index in [1.165, 1.54) is 0 Å². The number of nitrogens with zero attached hydrogens (tertiary/aromatic N) is 1. The van der Waals surface area contributed by atoms with E-state index in [0.717, 1.165) is 11.1 Å². The number of carbonyl (C=O) groups excluding carboxylic acids is 2. The molecule has 0 spiro atoms. The number of ether oxygens (including phenoxy) is 1. The van der Waals surface area contributed by atoms with Crippen LogP contribution in [0.15, 0.2) is 96.4 Å². The Labute approximate surface area is 206 Å². The quantitative estimate of drug-likeness (QED) is 0.413. The first-order valence-corrected chi connectivity index (χ1v) is 11.5. The molecule has 0 radical (unpaired) electrons. The molecule has 6 heteroatoms. The van der Waals surface area contributed by atoms with Crippen molar-refractivity contribution in [2.75, 3.05) is 7.11 Å². The first kappa shape index (κ1) is 23.9. The molecule has 0 bridgehead atoms. The van der Waals surface area contributed by atoms with E-state index in [0.29, 0.717) is 36.4 Å². The Kier molecular flexibility index (Phi) is 7.66. The second-order valence-electron chi connectivity index (χ2n) is 8.31. The van der Waals surface area contributed by atoms with Gasteiger partial charge in [-0.25, -0.2) is 0 Å². The van der Waals surface area contributed by atoms with Crippen molar-refractivity contribution in [3.8, 4) is 11.5 Å². The summed E-state index contributed by atoms with van der Waals surface area (Å²) in [6.07, 6.45) is 3.13. The zero-order valence-electron chi connectivity index (χ0n) is 19.6. The summed E-state index contributed by atoms with van der Waals surface area (Å²) in [6, 6.07) is 22.8. The van der Waals surface area contributed by atoms with E-state index in [1.54, 1.807) is 48.4 Å². The lowest BCUT2D eigenvalue weighted by Crippen LogP contribution is -2.43. The number of hydrogen-bond acceptors (Lipinski definition) is 4. The van der Waals surface area contributed by atoms with Crippen LogP contribution in [0, 0.1) is 0 Å². The molecule has 4 rings (SSSR count). The number of amides is 2. The summed E-state index contributed by atoms with van der Waals surface area (Å²) < 4.78 is 5.28. The molecule has 0 fully saturated rings. The van der Waals surface area contributed by atoms with Gasteiger partial charge in [-0.15, -0.1) is 5.73 Å². The Balaban J connectivity index is 0.00000361. The fraction of sp³-hybridized carbons (Fsp3) is 0.207. The van der Waals surface area contributed by atoms with Crippen molar-refractivity contribution in [1.82, 2.24) is 10.2 Å². The van der Waals surface area contributed by atoms with Crippen LogP contribution in [-0.2, 0) is 22.6 Å². The lowest BCUT2D eigenvalue weighted by molar-refractivity contribution is -0.138. The topological polar surface area (TPSA) is 78.9 Å². The molecule has 1 aliphatic rings. The fourth-order valence-corrected chi connectivity index (χ4v) is 3.93. The van der Waals surface area contributed by atoms with Gasteiger partial charge in [-0.3, -0.25) is 14.5 Å². The van der Waals surface area contributed by atoms with Gasteiger partial charge in [0.1, 0.15) is 17.5 Å². The number of benzene rings is 3. The standard InChI is InChI=1S/C29H28N2O4.H2/c1-35-26-17-13-23(14-18-26)28(29(34)30-20-22-6-3-2-4-7-22)31(24-8-5-9-24)27(33)19-12-21-10-15-25(32)16-11-21;/h2-7,10-11,13-18,28,32H,8,12,19-20H2,1H3,(H,30,34);1H. The normalized spacial score (nSPS) is 12.8. The molecule has 3 aromatic rings. The summed E-state index contributed by atoms with van der Waals surface area (Å²) in [5, 5.41) is 12.5. The Morgan fingerprint density at radius 2 is 1.71 bits per heavy atom. The monoisotopic (exact) mass is 470 g/mol. The molecule has 1 aliphatic carbocycles. The number of phenolic OH excluding ortho intramolecular Hbond substituents is 1. The van der Waals surface area contributed by atoms with Gasteiger partial charge in [0.05, 0.1) is 12.8 Å². The highest BCUT2D eigenvalue weighted by molar-refractivity contribution is 5.90. The van der Waals surface area contributed by atoms with E-state index in [2.05, 4.69) is 11.0 Å². The van der Waals surface area contributed by atoms with Crippen molar-refractivity contribution < 1.29 is 20.9 Å². The number of methoxy groups -OCH3 is 1. The fourth-order valence-electron chi connectivity index (χ4n) is 3.93. The lowest BCUT2D eigenvalue weighted by atomic mass is 9.99. The van der Waals surface area contributed by atoms with Gasteiger partial charge in [0, 0.05) is 20.8 Å². The Bertz CT molecular complexity index is 1230. The van der Waals surface area contributed by atoms with Crippen LogP contribution in [-0.4, -0.2) is 28.9 Å². The predicted octanol–water partition coefficient (Wildman–Crippen LogP) is 4.91. The Morgan fingerprint density at radius 3 is 2.31 bits per heavy atom. The second-order valence-corrected chi connectivity index (χ2v) is 8.31. The number of phenols is 1. The van der Waals surface area contributed by atoms with Gasteiger partial charge in [-0.05, 0) is 53.5 Å². The molecule has 0 saturated carbocycles. The second kappa shape index (κ2) is 11.2. The summed E-state index contributed by atoms with van der Waals surface area (Å²) in [7, 11) is 1.59. The summed E-state index contributed by atoms with van der Waals surface area (Å²) in [5.41, 5.74) is 6.38. The van der Waals surface area contributed by atoms with Crippen LogP contribution in [0.5, 0.6) is 11.5 Å². The van der Waals surface area contributed by atoms with Gasteiger partial charge in [-0.1, -0.05) is 54.6 Å². The highest BCUT2D eigenvalue weighted by Crippen LogP contribution is 2.31. The van der Waals surface area contributed by atoms with Crippen LogP contribution < -0.4 is 10.1 Å². The molecule has 0 heterocycles. The minimum absolute atomic E-state index is 0. The molecule has 0 saturated heterocycles. The molecule has 180 valence electrons. The van der Waals surface area contributed by atoms with E-state index in [9.17, 15) is 14.7 Å². The zero-order chi connectivity index (χ0) is 24.6. The number of nitrogens with one attached hydrogen (secondary N) is 1. The van der Waals surface area contributed by atoms with Crippen LogP contribution in [0.1, 0.15) is 37.0 Å². The van der Waals surface area contributed by atoms with Gasteiger partial charge < -0.3 is 15.2 Å². The third kappa shape index (κ3) is 5.99. The van der Waals surface area contributed by atoms with Crippen molar-refractivity contribution in [3.63, 3.8) is 0 Å². The molecule has 1 atom stereocenters. The maximum atomic E-state index is 13.6. The maximum absolute atomic E-state index is 13.6. The lowest BCUT2D eigenvalue weighted by Gasteiger charge is -2.33. The highest BCUT2D eigenvalue weighted by atomic mass is 16.5. The number of aromatic hydroxyl groups is 1. The molecule has 1 unspecified atom stereocenters. The van der Waals surface area contributed by atoms with Crippen molar-refractivity contribution >= 4 is 11.8 Å². The van der Waals surface area contributed by atoms with Gasteiger partial charge in [0.2, 0.25) is 11.8 Å². The van der Waals surface area contributed by atoms with E-state index < -0.39 is 6.04 Å². The van der Waals surface area contributed by atoms with Gasteiger partial charge >= 0.3 is 0 Å². The Hall–Kier alpha value is -4.28. The van der Waals surface area contributed by atoms with Crippen molar-refractivity contribution in [1.29, 1.82) is 0 Å². The predicted molar refractivity (Wildman–Crippen MR) is 136 cm³/mol. The number of hydrogen-bond donors (Lipinski definition) is 2. The summed E-state index contributed by atoms with van der Waals surface area (Å²) >= 11 is 0. The van der Waals surface area contributed by atoms with Gasteiger partial charge in [0.25, 0.3) is 0 Å². The van der Waals surface area contributed by atoms with Gasteiger partial charge in [0.15, 0.2) is 0 Å². The molecular formula is C29H30N2O4. The van der Waals surface area contributed by atoms with E-state index in [-0.39, 0.29) is 25.4 Å². The van der Waals surface area contributed by atoms with Crippen LogP contribution in [0.25, 0.3) is 0 Å². The average Bonchev–Trinajstić information content (AvgIpc) is 2.86. The van der Waals surface area contributed by atoms with Crippen LogP contribution >= 0.6 is 0 Å².